The molecule has 1 atom stereocenters. The third-order valence-corrected chi connectivity index (χ3v) is 2.96. The van der Waals surface area contributed by atoms with E-state index in [1.165, 1.54) is 0 Å². The van der Waals surface area contributed by atoms with Crippen molar-refractivity contribution in [3.63, 3.8) is 0 Å². The van der Waals surface area contributed by atoms with Crippen LogP contribution in [0.5, 0.6) is 0 Å². The van der Waals surface area contributed by atoms with Gasteiger partial charge in [0, 0.05) is 19.7 Å². The van der Waals surface area contributed by atoms with E-state index < -0.39 is 0 Å². The maximum atomic E-state index is 12.1. The Morgan fingerprint density at radius 2 is 1.81 bits per heavy atom. The predicted octanol–water partition coefficient (Wildman–Crippen LogP) is 1.39. The molecule has 0 spiro atoms. The lowest BCUT2D eigenvalue weighted by atomic mass is 10.1. The Bertz CT molecular complexity index is 193. The quantitative estimate of drug-likeness (QED) is 0.685. The molecule has 0 bridgehead atoms. The summed E-state index contributed by atoms with van der Waals surface area (Å²) in [5.41, 5.74) is 5.80. The molecule has 0 saturated heterocycles. The van der Waals surface area contributed by atoms with Crippen molar-refractivity contribution in [1.82, 2.24) is 4.90 Å². The lowest BCUT2D eigenvalue weighted by Gasteiger charge is -2.32. The van der Waals surface area contributed by atoms with Gasteiger partial charge in [0.25, 0.3) is 0 Å². The molecule has 0 aromatic heterocycles. The Morgan fingerprint density at radius 3 is 2.19 bits per heavy atom. The first-order chi connectivity index (χ1) is 7.62. The molecule has 1 amide bonds. The van der Waals surface area contributed by atoms with Gasteiger partial charge in [0.2, 0.25) is 5.91 Å². The molecule has 0 fully saturated rings. The molecule has 0 unspecified atom stereocenters. The summed E-state index contributed by atoms with van der Waals surface area (Å²) in [6.07, 6.45) is 2.60. The Kier molecular flexibility index (Phi) is 8.21. The molecule has 0 aromatic rings. The molecule has 96 valence electrons. The van der Waals surface area contributed by atoms with Crippen molar-refractivity contribution < 1.29 is 9.53 Å². The molecule has 0 aliphatic rings. The van der Waals surface area contributed by atoms with Gasteiger partial charge in [0.05, 0.1) is 12.6 Å². The minimum atomic E-state index is -0.377. The third-order valence-electron chi connectivity index (χ3n) is 2.96. The van der Waals surface area contributed by atoms with Crippen molar-refractivity contribution in [2.24, 2.45) is 5.73 Å². The van der Waals surface area contributed by atoms with Gasteiger partial charge in [-0.05, 0) is 19.3 Å². The zero-order chi connectivity index (χ0) is 12.6. The molecule has 0 rings (SSSR count). The highest BCUT2D eigenvalue weighted by molar-refractivity contribution is 5.81. The van der Waals surface area contributed by atoms with Crippen LogP contribution in [0.1, 0.15) is 40.0 Å². The van der Waals surface area contributed by atoms with Gasteiger partial charge in [0.15, 0.2) is 0 Å². The van der Waals surface area contributed by atoms with E-state index in [1.807, 2.05) is 11.8 Å². The number of methoxy groups -OCH3 is 1. The highest BCUT2D eigenvalue weighted by atomic mass is 16.5. The van der Waals surface area contributed by atoms with Gasteiger partial charge in [-0.15, -0.1) is 0 Å². The first-order valence-corrected chi connectivity index (χ1v) is 6.17. The monoisotopic (exact) mass is 230 g/mol. The second kappa shape index (κ2) is 8.53. The van der Waals surface area contributed by atoms with Crippen LogP contribution in [0.2, 0.25) is 0 Å². The van der Waals surface area contributed by atoms with Crippen LogP contribution < -0.4 is 5.73 Å². The Morgan fingerprint density at radius 1 is 1.25 bits per heavy atom. The second-order valence-corrected chi connectivity index (χ2v) is 4.01. The van der Waals surface area contributed by atoms with E-state index in [-0.39, 0.29) is 18.0 Å². The highest BCUT2D eigenvalue weighted by Gasteiger charge is 2.24. The minimum Gasteiger partial charge on any atom is -0.383 e. The number of carbonyl (C=O) groups is 1. The average Bonchev–Trinajstić information content (AvgIpc) is 2.32. The third kappa shape index (κ3) is 4.49. The largest absolute Gasteiger partial charge is 0.383 e. The number of ether oxygens (including phenoxy) is 1. The van der Waals surface area contributed by atoms with Crippen molar-refractivity contribution in [3.8, 4) is 0 Å². The van der Waals surface area contributed by atoms with Crippen LogP contribution >= 0.6 is 0 Å². The number of hydrogen-bond donors (Lipinski definition) is 1. The summed E-state index contributed by atoms with van der Waals surface area (Å²) in [6, 6.07) is -0.0993. The molecular weight excluding hydrogens is 204 g/mol. The first-order valence-electron chi connectivity index (χ1n) is 6.17. The van der Waals surface area contributed by atoms with Gasteiger partial charge in [0.1, 0.15) is 0 Å². The predicted molar refractivity (Wildman–Crippen MR) is 66.2 cm³/mol. The SMILES string of the molecule is CCC(CC)N(CCOC)C(=O)[C@@H](N)CC. The maximum absolute atomic E-state index is 12.1. The van der Waals surface area contributed by atoms with E-state index in [2.05, 4.69) is 13.8 Å². The van der Waals surface area contributed by atoms with Crippen LogP contribution in [0, 0.1) is 0 Å². The number of rotatable bonds is 8. The Balaban J connectivity index is 4.56. The standard InChI is InChI=1S/C12H26N2O2/c1-5-10(6-2)14(8-9-16-4)12(15)11(13)7-3/h10-11H,5-9,13H2,1-4H3/t11-/m0/s1. The molecule has 0 saturated carbocycles. The normalized spacial score (nSPS) is 12.9. The maximum Gasteiger partial charge on any atom is 0.239 e. The topological polar surface area (TPSA) is 55.6 Å². The van der Waals surface area contributed by atoms with E-state index in [0.29, 0.717) is 19.6 Å². The van der Waals surface area contributed by atoms with Gasteiger partial charge in [-0.3, -0.25) is 4.79 Å². The first kappa shape index (κ1) is 15.4. The fourth-order valence-electron chi connectivity index (χ4n) is 1.78. The zero-order valence-electron chi connectivity index (χ0n) is 11.0. The summed E-state index contributed by atoms with van der Waals surface area (Å²) >= 11 is 0. The molecule has 0 aromatic carbocycles. The molecule has 0 aliphatic heterocycles. The van der Waals surface area contributed by atoms with Crippen LogP contribution in [-0.2, 0) is 9.53 Å². The van der Waals surface area contributed by atoms with Crippen LogP contribution in [0.15, 0.2) is 0 Å². The summed E-state index contributed by atoms with van der Waals surface area (Å²) < 4.78 is 5.04. The van der Waals surface area contributed by atoms with Crippen LogP contribution in [0.25, 0.3) is 0 Å². The van der Waals surface area contributed by atoms with Crippen molar-refractivity contribution in [1.29, 1.82) is 0 Å². The number of hydrogen-bond acceptors (Lipinski definition) is 3. The van der Waals surface area contributed by atoms with Crippen LogP contribution in [-0.4, -0.2) is 43.2 Å². The molecule has 4 nitrogen and oxygen atoms in total. The number of carbonyl (C=O) groups excluding carboxylic acids is 1. The summed E-state index contributed by atoms with van der Waals surface area (Å²) in [4.78, 5) is 14.0. The van der Waals surface area contributed by atoms with E-state index in [0.717, 1.165) is 12.8 Å². The van der Waals surface area contributed by atoms with Gasteiger partial charge in [-0.2, -0.15) is 0 Å². The fourth-order valence-corrected chi connectivity index (χ4v) is 1.78. The summed E-state index contributed by atoms with van der Waals surface area (Å²) in [5, 5.41) is 0. The number of nitrogens with two attached hydrogens (primary N) is 1. The average molecular weight is 230 g/mol. The van der Waals surface area contributed by atoms with Gasteiger partial charge in [-0.1, -0.05) is 20.8 Å². The van der Waals surface area contributed by atoms with E-state index in [1.54, 1.807) is 7.11 Å². The van der Waals surface area contributed by atoms with E-state index in [9.17, 15) is 4.79 Å². The molecule has 0 aliphatic carbocycles. The number of amides is 1. The van der Waals surface area contributed by atoms with Gasteiger partial charge in [-0.25, -0.2) is 0 Å². The Hall–Kier alpha value is -0.610. The van der Waals surface area contributed by atoms with Crippen LogP contribution in [0.3, 0.4) is 0 Å². The van der Waals surface area contributed by atoms with Gasteiger partial charge >= 0.3 is 0 Å². The van der Waals surface area contributed by atoms with Crippen molar-refractivity contribution >= 4 is 5.91 Å². The molecule has 4 heteroatoms. The summed E-state index contributed by atoms with van der Waals surface area (Å²) in [7, 11) is 1.65. The molecule has 0 radical (unpaired) electrons. The lowest BCUT2D eigenvalue weighted by molar-refractivity contribution is -0.136. The molecule has 16 heavy (non-hydrogen) atoms. The molecular formula is C12H26N2O2. The van der Waals surface area contributed by atoms with Crippen molar-refractivity contribution in [3.05, 3.63) is 0 Å². The zero-order valence-corrected chi connectivity index (χ0v) is 11.0. The number of nitrogens with zero attached hydrogens (tertiary/aromatic N) is 1. The molecule has 2 N–H and O–H groups in total. The summed E-state index contributed by atoms with van der Waals surface area (Å²) in [6.45, 7) is 7.33. The smallest absolute Gasteiger partial charge is 0.239 e. The van der Waals surface area contributed by atoms with E-state index in [4.69, 9.17) is 10.5 Å². The summed E-state index contributed by atoms with van der Waals surface area (Å²) in [5.74, 6) is 0.0493. The van der Waals surface area contributed by atoms with Crippen molar-refractivity contribution in [2.45, 2.75) is 52.1 Å². The molecule has 0 heterocycles. The lowest BCUT2D eigenvalue weighted by Crippen LogP contribution is -2.49. The fraction of sp³-hybridized carbons (Fsp3) is 0.917. The van der Waals surface area contributed by atoms with Crippen LogP contribution in [0.4, 0.5) is 0 Å². The second-order valence-electron chi connectivity index (χ2n) is 4.01. The van der Waals surface area contributed by atoms with E-state index >= 15 is 0 Å². The Labute approximate surface area is 99.1 Å². The highest BCUT2D eigenvalue weighted by Crippen LogP contribution is 2.10. The van der Waals surface area contributed by atoms with Crippen molar-refractivity contribution in [2.75, 3.05) is 20.3 Å². The van der Waals surface area contributed by atoms with Gasteiger partial charge < -0.3 is 15.4 Å². The minimum absolute atomic E-state index is 0.0493.